The van der Waals surface area contributed by atoms with Gasteiger partial charge in [-0.25, -0.2) is 0 Å². The van der Waals surface area contributed by atoms with E-state index in [1.165, 1.54) is 0 Å². The van der Waals surface area contributed by atoms with Crippen molar-refractivity contribution in [1.82, 2.24) is 0 Å². The van der Waals surface area contributed by atoms with E-state index in [2.05, 4.69) is 0 Å². The van der Waals surface area contributed by atoms with Crippen LogP contribution in [0.4, 0.5) is 5.69 Å². The van der Waals surface area contributed by atoms with Crippen LogP contribution in [-0.4, -0.2) is 37.2 Å². The fourth-order valence-electron chi connectivity index (χ4n) is 3.46. The molecule has 0 N–H and O–H groups in total. The van der Waals surface area contributed by atoms with Crippen molar-refractivity contribution in [2.75, 3.05) is 24.7 Å². The summed E-state index contributed by atoms with van der Waals surface area (Å²) in [4.78, 5) is 26.9. The number of carbonyl (C=O) groups excluding carboxylic acids is 2. The molecule has 5 nitrogen and oxygen atoms in total. The molecular formula is C18H23NO4. The third-order valence-electron chi connectivity index (χ3n) is 4.42. The van der Waals surface area contributed by atoms with Crippen LogP contribution in [0.15, 0.2) is 24.3 Å². The fourth-order valence-corrected chi connectivity index (χ4v) is 3.46. The van der Waals surface area contributed by atoms with E-state index in [0.29, 0.717) is 26.1 Å². The van der Waals surface area contributed by atoms with Gasteiger partial charge in [0.25, 0.3) is 0 Å². The first-order valence-electron chi connectivity index (χ1n) is 8.05. The largest absolute Gasteiger partial charge is 0.459 e. The van der Waals surface area contributed by atoms with Crippen LogP contribution in [0.25, 0.3) is 0 Å². The number of fused-ring (bicyclic) bond motifs is 2. The van der Waals surface area contributed by atoms with Crippen molar-refractivity contribution in [1.29, 1.82) is 0 Å². The molecule has 3 rings (SSSR count). The maximum absolute atomic E-state index is 13.1. The minimum Gasteiger partial charge on any atom is -0.459 e. The van der Waals surface area contributed by atoms with Crippen LogP contribution in [0.3, 0.4) is 0 Å². The molecule has 0 radical (unpaired) electrons. The number of carbonyl (C=O) groups is 2. The van der Waals surface area contributed by atoms with Gasteiger partial charge in [-0.2, -0.15) is 0 Å². The van der Waals surface area contributed by atoms with E-state index in [9.17, 15) is 9.59 Å². The summed E-state index contributed by atoms with van der Waals surface area (Å²) < 4.78 is 10.8. The van der Waals surface area contributed by atoms with Crippen molar-refractivity contribution in [3.63, 3.8) is 0 Å². The van der Waals surface area contributed by atoms with Gasteiger partial charge in [-0.05, 0) is 45.2 Å². The Morgan fingerprint density at radius 1 is 1.26 bits per heavy atom. The first-order valence-corrected chi connectivity index (χ1v) is 8.05. The van der Waals surface area contributed by atoms with E-state index < -0.39 is 11.0 Å². The molecule has 1 amide bonds. The number of anilines is 1. The quantitative estimate of drug-likeness (QED) is 0.786. The standard InChI is InChI=1S/C18H23NO4/c1-17(2,3)23-15(20)12-19-14-7-5-4-6-13(14)18(16(19)21)8-10-22-11-9-18/h4-7H,8-12H2,1-3H3. The first kappa shape index (κ1) is 16.0. The number of amides is 1. The molecule has 0 unspecified atom stereocenters. The number of hydrogen-bond donors (Lipinski definition) is 0. The predicted molar refractivity (Wildman–Crippen MR) is 86.4 cm³/mol. The van der Waals surface area contributed by atoms with Crippen LogP contribution in [-0.2, 0) is 24.5 Å². The van der Waals surface area contributed by atoms with Crippen LogP contribution in [0.2, 0.25) is 0 Å². The second-order valence-electron chi connectivity index (χ2n) is 7.19. The van der Waals surface area contributed by atoms with Gasteiger partial charge in [-0.15, -0.1) is 0 Å². The topological polar surface area (TPSA) is 55.8 Å². The van der Waals surface area contributed by atoms with Crippen molar-refractivity contribution in [3.05, 3.63) is 29.8 Å². The number of nitrogens with zero attached hydrogens (tertiary/aromatic N) is 1. The molecule has 1 aromatic carbocycles. The summed E-state index contributed by atoms with van der Waals surface area (Å²) in [7, 11) is 0. The molecule has 1 saturated heterocycles. The van der Waals surface area contributed by atoms with Gasteiger partial charge < -0.3 is 14.4 Å². The Morgan fingerprint density at radius 3 is 2.57 bits per heavy atom. The van der Waals surface area contributed by atoms with E-state index >= 15 is 0 Å². The minimum absolute atomic E-state index is 0.00661. The molecule has 0 bridgehead atoms. The van der Waals surface area contributed by atoms with Gasteiger partial charge in [0.15, 0.2) is 0 Å². The predicted octanol–water partition coefficient (Wildman–Crippen LogP) is 2.42. The van der Waals surface area contributed by atoms with Crippen LogP contribution in [0, 0.1) is 0 Å². The average Bonchev–Trinajstić information content (AvgIpc) is 2.70. The average molecular weight is 317 g/mol. The maximum Gasteiger partial charge on any atom is 0.326 e. The van der Waals surface area contributed by atoms with Crippen molar-refractivity contribution < 1.29 is 19.1 Å². The normalized spacial score (nSPS) is 19.8. The van der Waals surface area contributed by atoms with Crippen molar-refractivity contribution >= 4 is 17.6 Å². The Balaban J connectivity index is 1.90. The highest BCUT2D eigenvalue weighted by molar-refractivity contribution is 6.10. The SMILES string of the molecule is CC(C)(C)OC(=O)CN1C(=O)C2(CCOCC2)c2ccccc21. The summed E-state index contributed by atoms with van der Waals surface area (Å²) >= 11 is 0. The zero-order valence-corrected chi connectivity index (χ0v) is 13.9. The van der Waals surface area contributed by atoms with Crippen LogP contribution >= 0.6 is 0 Å². The van der Waals surface area contributed by atoms with Gasteiger partial charge >= 0.3 is 5.97 Å². The molecule has 1 fully saturated rings. The van der Waals surface area contributed by atoms with Crippen LogP contribution < -0.4 is 4.90 Å². The van der Waals surface area contributed by atoms with Crippen molar-refractivity contribution in [2.45, 2.75) is 44.6 Å². The van der Waals surface area contributed by atoms with Crippen LogP contribution in [0.1, 0.15) is 39.2 Å². The third-order valence-corrected chi connectivity index (χ3v) is 4.42. The molecule has 0 aromatic heterocycles. The fraction of sp³-hybridized carbons (Fsp3) is 0.556. The maximum atomic E-state index is 13.1. The van der Waals surface area contributed by atoms with E-state index in [1.807, 2.05) is 45.0 Å². The third kappa shape index (κ3) is 2.85. The summed E-state index contributed by atoms with van der Waals surface area (Å²) in [6, 6.07) is 7.74. The summed E-state index contributed by atoms with van der Waals surface area (Å²) in [6.45, 7) is 6.57. The number of esters is 1. The number of ether oxygens (including phenoxy) is 2. The van der Waals surface area contributed by atoms with Crippen molar-refractivity contribution in [3.8, 4) is 0 Å². The molecule has 2 heterocycles. The zero-order chi connectivity index (χ0) is 16.7. The number of rotatable bonds is 2. The van der Waals surface area contributed by atoms with Gasteiger partial charge in [-0.3, -0.25) is 9.59 Å². The second kappa shape index (κ2) is 5.64. The lowest BCUT2D eigenvalue weighted by molar-refractivity contribution is -0.153. The van der Waals surface area contributed by atoms with Gasteiger partial charge in [0.2, 0.25) is 5.91 Å². The minimum atomic E-state index is -0.560. The number of benzene rings is 1. The summed E-state index contributed by atoms with van der Waals surface area (Å²) in [5.74, 6) is -0.391. The first-order chi connectivity index (χ1) is 10.8. The number of hydrogen-bond acceptors (Lipinski definition) is 4. The number of para-hydroxylation sites is 1. The Labute approximate surface area is 136 Å². The lowest BCUT2D eigenvalue weighted by Crippen LogP contribution is -2.46. The highest BCUT2D eigenvalue weighted by atomic mass is 16.6. The molecule has 1 aromatic rings. The summed E-state index contributed by atoms with van der Waals surface area (Å²) in [6.07, 6.45) is 1.32. The highest BCUT2D eigenvalue weighted by Crippen LogP contribution is 2.47. The van der Waals surface area contributed by atoms with Gasteiger partial charge in [0.1, 0.15) is 12.1 Å². The molecule has 0 atom stereocenters. The van der Waals surface area contributed by atoms with Gasteiger partial charge in [0.05, 0.1) is 5.41 Å². The lowest BCUT2D eigenvalue weighted by atomic mass is 9.75. The van der Waals surface area contributed by atoms with Gasteiger partial charge in [0, 0.05) is 18.9 Å². The Morgan fingerprint density at radius 2 is 1.91 bits per heavy atom. The molecule has 0 aliphatic carbocycles. The van der Waals surface area contributed by atoms with E-state index in [1.54, 1.807) is 4.90 Å². The smallest absolute Gasteiger partial charge is 0.326 e. The van der Waals surface area contributed by atoms with Crippen LogP contribution in [0.5, 0.6) is 0 Å². The second-order valence-corrected chi connectivity index (χ2v) is 7.19. The van der Waals surface area contributed by atoms with E-state index in [0.717, 1.165) is 11.3 Å². The Hall–Kier alpha value is -1.88. The molecular weight excluding hydrogens is 294 g/mol. The zero-order valence-electron chi connectivity index (χ0n) is 13.9. The highest BCUT2D eigenvalue weighted by Gasteiger charge is 2.51. The van der Waals surface area contributed by atoms with Gasteiger partial charge in [-0.1, -0.05) is 18.2 Å². The Kier molecular flexibility index (Phi) is 3.92. The molecule has 1 spiro atoms. The molecule has 2 aliphatic heterocycles. The van der Waals surface area contributed by atoms with Crippen molar-refractivity contribution in [2.24, 2.45) is 0 Å². The molecule has 23 heavy (non-hydrogen) atoms. The molecule has 0 saturated carbocycles. The Bertz CT molecular complexity index is 626. The molecule has 5 heteroatoms. The lowest BCUT2D eigenvalue weighted by Gasteiger charge is -2.32. The van der Waals surface area contributed by atoms with E-state index in [4.69, 9.17) is 9.47 Å². The monoisotopic (exact) mass is 317 g/mol. The van der Waals surface area contributed by atoms with E-state index in [-0.39, 0.29) is 18.4 Å². The summed E-state index contributed by atoms with van der Waals surface area (Å²) in [5.41, 5.74) is 0.731. The molecule has 2 aliphatic rings. The summed E-state index contributed by atoms with van der Waals surface area (Å²) in [5, 5.41) is 0. The molecule has 124 valence electrons.